The zero-order chi connectivity index (χ0) is 11.0. The molecule has 0 aromatic rings. The summed E-state index contributed by atoms with van der Waals surface area (Å²) in [5.74, 6) is 0. The van der Waals surface area contributed by atoms with Crippen LogP contribution in [0.5, 0.6) is 0 Å². The van der Waals surface area contributed by atoms with Gasteiger partial charge in [-0.25, -0.2) is 0 Å². The molecule has 0 rings (SSSR count). The molecule has 2 nitrogen and oxygen atoms in total. The fourth-order valence-corrected chi connectivity index (χ4v) is 5.11. The van der Waals surface area contributed by atoms with E-state index in [-0.39, 0.29) is 0 Å². The van der Waals surface area contributed by atoms with Crippen molar-refractivity contribution in [1.29, 1.82) is 0 Å². The van der Waals surface area contributed by atoms with E-state index in [4.69, 9.17) is 0 Å². The topological polar surface area (TPSA) is 18.5 Å². The summed E-state index contributed by atoms with van der Waals surface area (Å²) in [5, 5.41) is 0. The SMILES string of the molecule is CC(C)O[Te](F)(F)(F)(F)OC(C)C. The Morgan fingerprint density at radius 1 is 0.769 bits per heavy atom. The van der Waals surface area contributed by atoms with Gasteiger partial charge in [0, 0.05) is 0 Å². The molecule has 0 aliphatic heterocycles. The summed E-state index contributed by atoms with van der Waals surface area (Å²) in [4.78, 5) is 0. The Hall–Kier alpha value is 0.430. The molecule has 13 heavy (non-hydrogen) atoms. The van der Waals surface area contributed by atoms with Crippen LogP contribution >= 0.6 is 0 Å². The van der Waals surface area contributed by atoms with E-state index in [1.807, 2.05) is 0 Å². The van der Waals surface area contributed by atoms with Crippen molar-refractivity contribution < 1.29 is 17.8 Å². The van der Waals surface area contributed by atoms with Crippen molar-refractivity contribution in [2.24, 2.45) is 0 Å². The standard InChI is InChI=1S/C6H14F4O2Te/c1-5(2)11-13(7,8,9,10)12-6(3)4/h5-6H,1-4H3. The maximum absolute atomic E-state index is 12.7. The van der Waals surface area contributed by atoms with Gasteiger partial charge in [0.05, 0.1) is 0 Å². The van der Waals surface area contributed by atoms with Crippen molar-refractivity contribution in [2.45, 2.75) is 39.9 Å². The minimum atomic E-state index is -9.58. The monoisotopic (exact) mass is 324 g/mol. The molecule has 7 heteroatoms. The molecule has 0 aliphatic rings. The summed E-state index contributed by atoms with van der Waals surface area (Å²) < 4.78 is 57.7. The average molecular weight is 322 g/mol. The van der Waals surface area contributed by atoms with Gasteiger partial charge in [0.25, 0.3) is 0 Å². The zero-order valence-corrected chi connectivity index (χ0v) is 10.2. The van der Waals surface area contributed by atoms with Crippen LogP contribution in [0.15, 0.2) is 0 Å². The molecule has 0 amide bonds. The van der Waals surface area contributed by atoms with E-state index in [2.05, 4.69) is 6.20 Å². The molecule has 0 heterocycles. The average Bonchev–Trinajstić information content (AvgIpc) is 1.47. The van der Waals surface area contributed by atoms with Gasteiger partial charge in [-0.3, -0.25) is 0 Å². The van der Waals surface area contributed by atoms with Crippen molar-refractivity contribution >= 4 is 18.5 Å². The molecule has 0 spiro atoms. The van der Waals surface area contributed by atoms with Crippen molar-refractivity contribution in [3.05, 3.63) is 0 Å². The van der Waals surface area contributed by atoms with Gasteiger partial charge in [-0.05, 0) is 0 Å². The number of hydrogen-bond donors (Lipinski definition) is 0. The van der Waals surface area contributed by atoms with Crippen LogP contribution in [-0.2, 0) is 6.20 Å². The third kappa shape index (κ3) is 6.49. The molecular weight excluding hydrogens is 308 g/mol. The van der Waals surface area contributed by atoms with Gasteiger partial charge < -0.3 is 0 Å². The summed E-state index contributed by atoms with van der Waals surface area (Å²) in [5.41, 5.74) is 0. The van der Waals surface area contributed by atoms with E-state index < -0.39 is 30.7 Å². The minimum absolute atomic E-state index is 1.10. The second-order valence-corrected chi connectivity index (χ2v) is 9.57. The first-order valence-electron chi connectivity index (χ1n) is 3.73. The molecule has 0 aromatic carbocycles. The number of hydrogen-bond acceptors (Lipinski definition) is 2. The Balaban J connectivity index is 4.79. The normalized spacial score (nSPS) is 18.9. The molecule has 0 aliphatic carbocycles. The zero-order valence-electron chi connectivity index (χ0n) is 7.89. The fourth-order valence-electron chi connectivity index (χ4n) is 0.762. The Kier molecular flexibility index (Phi) is 3.06. The van der Waals surface area contributed by atoms with Crippen LogP contribution in [0.4, 0.5) is 11.6 Å². The van der Waals surface area contributed by atoms with Crippen LogP contribution in [-0.4, -0.2) is 30.7 Å². The summed E-state index contributed by atoms with van der Waals surface area (Å²) in [6, 6.07) is 0. The van der Waals surface area contributed by atoms with Gasteiger partial charge in [-0.15, -0.1) is 0 Å². The van der Waals surface area contributed by atoms with Crippen molar-refractivity contribution in [3.63, 3.8) is 0 Å². The first-order valence-corrected chi connectivity index (χ1v) is 9.16. The van der Waals surface area contributed by atoms with Crippen LogP contribution < -0.4 is 0 Å². The molecule has 0 N–H and O–H groups in total. The van der Waals surface area contributed by atoms with Gasteiger partial charge in [0.2, 0.25) is 0 Å². The third-order valence-electron chi connectivity index (χ3n) is 0.754. The van der Waals surface area contributed by atoms with Gasteiger partial charge in [0.1, 0.15) is 0 Å². The van der Waals surface area contributed by atoms with Crippen molar-refractivity contribution in [3.8, 4) is 0 Å². The van der Waals surface area contributed by atoms with E-state index in [0.29, 0.717) is 0 Å². The Morgan fingerprint density at radius 3 is 1.15 bits per heavy atom. The summed E-state index contributed by atoms with van der Waals surface area (Å²) in [6.07, 6.45) is -2.54. The predicted molar refractivity (Wildman–Crippen MR) is 42.6 cm³/mol. The molecule has 0 saturated carbocycles. The molecule has 0 radical (unpaired) electrons. The van der Waals surface area contributed by atoms with Crippen LogP contribution in [0.3, 0.4) is 0 Å². The van der Waals surface area contributed by atoms with E-state index in [1.54, 1.807) is 0 Å². The van der Waals surface area contributed by atoms with E-state index in [0.717, 1.165) is 27.7 Å². The Bertz CT molecular complexity index is 179. The van der Waals surface area contributed by atoms with Crippen molar-refractivity contribution in [1.82, 2.24) is 0 Å². The Labute approximate surface area is 76.5 Å². The maximum atomic E-state index is 12.7. The third-order valence-corrected chi connectivity index (χ3v) is 5.06. The molecule has 0 bridgehead atoms. The van der Waals surface area contributed by atoms with Crippen LogP contribution in [0.2, 0.25) is 0 Å². The van der Waals surface area contributed by atoms with Gasteiger partial charge in [-0.1, -0.05) is 0 Å². The second-order valence-electron chi connectivity index (χ2n) is 3.21. The Morgan fingerprint density at radius 2 is 1.00 bits per heavy atom. The van der Waals surface area contributed by atoms with Gasteiger partial charge >= 0.3 is 76.2 Å². The molecule has 0 saturated heterocycles. The van der Waals surface area contributed by atoms with Gasteiger partial charge in [0.15, 0.2) is 0 Å². The van der Waals surface area contributed by atoms with E-state index in [9.17, 15) is 11.6 Å². The van der Waals surface area contributed by atoms with Crippen LogP contribution in [0.1, 0.15) is 27.7 Å². The fraction of sp³-hybridized carbons (Fsp3) is 1.00. The molecular formula is C6H14F4O2Te. The van der Waals surface area contributed by atoms with Crippen LogP contribution in [0.25, 0.3) is 0 Å². The first kappa shape index (κ1) is 13.4. The molecule has 84 valence electrons. The van der Waals surface area contributed by atoms with Crippen molar-refractivity contribution in [2.75, 3.05) is 0 Å². The van der Waals surface area contributed by atoms with Crippen LogP contribution in [0, 0.1) is 0 Å². The van der Waals surface area contributed by atoms with E-state index >= 15 is 0 Å². The first-order chi connectivity index (χ1) is 5.34. The molecule has 0 atom stereocenters. The molecule has 0 fully saturated rings. The second kappa shape index (κ2) is 2.96. The molecule has 0 aromatic heterocycles. The van der Waals surface area contributed by atoms with E-state index in [1.165, 1.54) is 0 Å². The summed E-state index contributed by atoms with van der Waals surface area (Å²) >= 11 is -9.58. The quantitative estimate of drug-likeness (QED) is 0.585. The summed E-state index contributed by atoms with van der Waals surface area (Å²) in [6.45, 7) is 4.41. The van der Waals surface area contributed by atoms with Gasteiger partial charge in [-0.2, -0.15) is 0 Å². The predicted octanol–water partition coefficient (Wildman–Crippen LogP) is 3.05. The summed E-state index contributed by atoms with van der Waals surface area (Å²) in [7, 11) is 0. The molecule has 0 unspecified atom stereocenters. The number of rotatable bonds is 4. The number of halogens is 4.